The lowest BCUT2D eigenvalue weighted by Gasteiger charge is -2.10. The lowest BCUT2D eigenvalue weighted by atomic mass is 10.1. The SMILES string of the molecule is CN(C)Cc1ccc(CNC(=O)c2ccc(=O)n(C)n2)cc1. The molecule has 1 N–H and O–H groups in total. The maximum Gasteiger partial charge on any atom is 0.271 e. The van der Waals surface area contributed by atoms with E-state index in [4.69, 9.17) is 0 Å². The largest absolute Gasteiger partial charge is 0.347 e. The Labute approximate surface area is 129 Å². The zero-order valence-electron chi connectivity index (χ0n) is 13.0. The van der Waals surface area contributed by atoms with Gasteiger partial charge in [-0.05, 0) is 31.3 Å². The number of carbonyl (C=O) groups is 1. The molecule has 2 rings (SSSR count). The van der Waals surface area contributed by atoms with Crippen LogP contribution in [-0.2, 0) is 20.1 Å². The Morgan fingerprint density at radius 1 is 1.14 bits per heavy atom. The van der Waals surface area contributed by atoms with Crippen LogP contribution in [0.15, 0.2) is 41.2 Å². The van der Waals surface area contributed by atoms with Crippen LogP contribution in [0.5, 0.6) is 0 Å². The summed E-state index contributed by atoms with van der Waals surface area (Å²) in [5, 5.41) is 6.71. The summed E-state index contributed by atoms with van der Waals surface area (Å²) >= 11 is 0. The normalized spacial score (nSPS) is 10.7. The molecule has 0 aliphatic rings. The van der Waals surface area contributed by atoms with Crippen molar-refractivity contribution in [2.75, 3.05) is 14.1 Å². The van der Waals surface area contributed by atoms with Crippen LogP contribution in [0.2, 0.25) is 0 Å². The van der Waals surface area contributed by atoms with Gasteiger partial charge in [-0.3, -0.25) is 9.59 Å². The summed E-state index contributed by atoms with van der Waals surface area (Å²) in [6.45, 7) is 1.31. The van der Waals surface area contributed by atoms with Crippen molar-refractivity contribution < 1.29 is 4.79 Å². The fourth-order valence-corrected chi connectivity index (χ4v) is 2.02. The molecule has 0 atom stereocenters. The topological polar surface area (TPSA) is 67.2 Å². The highest BCUT2D eigenvalue weighted by atomic mass is 16.2. The van der Waals surface area contributed by atoms with Gasteiger partial charge in [-0.1, -0.05) is 24.3 Å². The molecule has 0 aliphatic carbocycles. The summed E-state index contributed by atoms with van der Waals surface area (Å²) in [5.74, 6) is -0.298. The van der Waals surface area contributed by atoms with Crippen LogP contribution in [0.3, 0.4) is 0 Å². The predicted molar refractivity (Wildman–Crippen MR) is 84.5 cm³/mol. The van der Waals surface area contributed by atoms with Crippen molar-refractivity contribution in [1.82, 2.24) is 20.0 Å². The Morgan fingerprint density at radius 2 is 1.77 bits per heavy atom. The highest BCUT2D eigenvalue weighted by molar-refractivity contribution is 5.91. The van der Waals surface area contributed by atoms with Gasteiger partial charge in [-0.2, -0.15) is 5.10 Å². The number of benzene rings is 1. The van der Waals surface area contributed by atoms with Crippen molar-refractivity contribution in [2.24, 2.45) is 7.05 Å². The standard InChI is InChI=1S/C16H20N4O2/c1-19(2)11-13-6-4-12(5-7-13)10-17-16(22)14-8-9-15(21)20(3)18-14/h4-9H,10-11H2,1-3H3,(H,17,22). The lowest BCUT2D eigenvalue weighted by Crippen LogP contribution is -2.28. The van der Waals surface area contributed by atoms with Crippen molar-refractivity contribution in [2.45, 2.75) is 13.1 Å². The van der Waals surface area contributed by atoms with Crippen molar-refractivity contribution in [3.05, 3.63) is 63.6 Å². The zero-order chi connectivity index (χ0) is 16.1. The predicted octanol–water partition coefficient (Wildman–Crippen LogP) is 0.772. The monoisotopic (exact) mass is 300 g/mol. The van der Waals surface area contributed by atoms with Gasteiger partial charge < -0.3 is 10.2 Å². The first-order valence-electron chi connectivity index (χ1n) is 7.01. The summed E-state index contributed by atoms with van der Waals surface area (Å²) in [7, 11) is 5.56. The molecule has 0 aliphatic heterocycles. The molecule has 0 radical (unpaired) electrons. The Balaban J connectivity index is 1.95. The van der Waals surface area contributed by atoms with E-state index in [0.717, 1.165) is 16.8 Å². The Kier molecular flexibility index (Phi) is 5.06. The van der Waals surface area contributed by atoms with Crippen LogP contribution in [0.1, 0.15) is 21.6 Å². The zero-order valence-corrected chi connectivity index (χ0v) is 13.0. The number of aryl methyl sites for hydroxylation is 1. The van der Waals surface area contributed by atoms with Gasteiger partial charge in [-0.15, -0.1) is 0 Å². The van der Waals surface area contributed by atoms with Crippen LogP contribution >= 0.6 is 0 Å². The quantitative estimate of drug-likeness (QED) is 0.886. The number of nitrogens with zero attached hydrogens (tertiary/aromatic N) is 3. The Morgan fingerprint density at radius 3 is 2.36 bits per heavy atom. The molecule has 0 spiro atoms. The molecule has 0 saturated carbocycles. The highest BCUT2D eigenvalue weighted by Crippen LogP contribution is 2.06. The molecular weight excluding hydrogens is 280 g/mol. The molecule has 1 amide bonds. The van der Waals surface area contributed by atoms with Gasteiger partial charge in [0.25, 0.3) is 11.5 Å². The molecular formula is C16H20N4O2. The van der Waals surface area contributed by atoms with E-state index < -0.39 is 0 Å². The second kappa shape index (κ2) is 7.00. The van der Waals surface area contributed by atoms with E-state index in [1.807, 2.05) is 38.4 Å². The minimum atomic E-state index is -0.298. The maximum absolute atomic E-state index is 12.0. The van der Waals surface area contributed by atoms with Gasteiger partial charge in [0.2, 0.25) is 0 Å². The number of carbonyl (C=O) groups excluding carboxylic acids is 1. The fraction of sp³-hybridized carbons (Fsp3) is 0.312. The smallest absolute Gasteiger partial charge is 0.271 e. The summed E-state index contributed by atoms with van der Waals surface area (Å²) < 4.78 is 1.14. The third-order valence-corrected chi connectivity index (χ3v) is 3.17. The lowest BCUT2D eigenvalue weighted by molar-refractivity contribution is 0.0943. The van der Waals surface area contributed by atoms with Gasteiger partial charge in [0.1, 0.15) is 5.69 Å². The summed E-state index contributed by atoms with van der Waals surface area (Å²) in [6.07, 6.45) is 0. The van der Waals surface area contributed by atoms with Crippen LogP contribution in [0.4, 0.5) is 0 Å². The van der Waals surface area contributed by atoms with Crippen molar-refractivity contribution >= 4 is 5.91 Å². The minimum absolute atomic E-state index is 0.228. The van der Waals surface area contributed by atoms with Crippen LogP contribution in [0, 0.1) is 0 Å². The molecule has 0 unspecified atom stereocenters. The average Bonchev–Trinajstić information content (AvgIpc) is 2.48. The first-order chi connectivity index (χ1) is 10.5. The number of nitrogens with one attached hydrogen (secondary N) is 1. The van der Waals surface area contributed by atoms with Crippen molar-refractivity contribution in [3.8, 4) is 0 Å². The fourth-order valence-electron chi connectivity index (χ4n) is 2.02. The van der Waals surface area contributed by atoms with Crippen LogP contribution in [0.25, 0.3) is 0 Å². The van der Waals surface area contributed by atoms with E-state index in [0.29, 0.717) is 6.54 Å². The number of hydrogen-bond acceptors (Lipinski definition) is 4. The van der Waals surface area contributed by atoms with Crippen molar-refractivity contribution in [1.29, 1.82) is 0 Å². The van der Waals surface area contributed by atoms with E-state index in [9.17, 15) is 9.59 Å². The third-order valence-electron chi connectivity index (χ3n) is 3.17. The van der Waals surface area contributed by atoms with E-state index in [2.05, 4.69) is 15.3 Å². The number of rotatable bonds is 5. The van der Waals surface area contributed by atoms with E-state index in [1.165, 1.54) is 24.7 Å². The average molecular weight is 300 g/mol. The van der Waals surface area contributed by atoms with Gasteiger partial charge >= 0.3 is 0 Å². The molecule has 0 saturated heterocycles. The molecule has 1 aromatic carbocycles. The van der Waals surface area contributed by atoms with Crippen molar-refractivity contribution in [3.63, 3.8) is 0 Å². The number of hydrogen-bond donors (Lipinski definition) is 1. The van der Waals surface area contributed by atoms with E-state index in [1.54, 1.807) is 0 Å². The molecule has 22 heavy (non-hydrogen) atoms. The molecule has 6 heteroatoms. The van der Waals surface area contributed by atoms with Crippen LogP contribution in [-0.4, -0.2) is 34.7 Å². The molecule has 0 bridgehead atoms. The molecule has 0 fully saturated rings. The summed E-state index contributed by atoms with van der Waals surface area (Å²) in [4.78, 5) is 25.3. The Bertz CT molecular complexity index is 705. The van der Waals surface area contributed by atoms with E-state index in [-0.39, 0.29) is 17.2 Å². The molecule has 6 nitrogen and oxygen atoms in total. The van der Waals surface area contributed by atoms with Gasteiger partial charge in [0.15, 0.2) is 0 Å². The van der Waals surface area contributed by atoms with Crippen LogP contribution < -0.4 is 10.9 Å². The highest BCUT2D eigenvalue weighted by Gasteiger charge is 2.08. The number of amides is 1. The Hall–Kier alpha value is -2.47. The van der Waals surface area contributed by atoms with Gasteiger partial charge in [0.05, 0.1) is 0 Å². The first kappa shape index (κ1) is 15.9. The first-order valence-corrected chi connectivity index (χ1v) is 7.01. The maximum atomic E-state index is 12.0. The minimum Gasteiger partial charge on any atom is -0.347 e. The summed E-state index contributed by atoms with van der Waals surface area (Å²) in [5.41, 5.74) is 2.22. The third kappa shape index (κ3) is 4.26. The second-order valence-corrected chi connectivity index (χ2v) is 5.42. The second-order valence-electron chi connectivity index (χ2n) is 5.42. The molecule has 1 aromatic heterocycles. The van der Waals surface area contributed by atoms with Gasteiger partial charge in [-0.25, -0.2) is 4.68 Å². The molecule has 1 heterocycles. The molecule has 2 aromatic rings. The molecule has 116 valence electrons. The number of aromatic nitrogens is 2. The van der Waals surface area contributed by atoms with E-state index >= 15 is 0 Å². The van der Waals surface area contributed by atoms with Gasteiger partial charge in [0, 0.05) is 26.2 Å². The summed E-state index contributed by atoms with van der Waals surface area (Å²) in [6, 6.07) is 10.8.